The highest BCUT2D eigenvalue weighted by molar-refractivity contribution is 5.99. The van der Waals surface area contributed by atoms with Crippen LogP contribution in [0.5, 0.6) is 11.5 Å². The molecule has 2 N–H and O–H groups in total. The third-order valence-electron chi connectivity index (χ3n) is 5.44. The van der Waals surface area contributed by atoms with Gasteiger partial charge in [-0.1, -0.05) is 6.07 Å². The number of aryl methyl sites for hydroxylation is 2. The van der Waals surface area contributed by atoms with Crippen molar-refractivity contribution in [3.8, 4) is 11.5 Å². The van der Waals surface area contributed by atoms with Crippen molar-refractivity contribution in [2.45, 2.75) is 19.9 Å². The Balaban J connectivity index is 1.78. The summed E-state index contributed by atoms with van der Waals surface area (Å²) in [6.07, 6.45) is 0. The van der Waals surface area contributed by atoms with Gasteiger partial charge in [0.2, 0.25) is 0 Å². The van der Waals surface area contributed by atoms with E-state index < -0.39 is 0 Å². The molecule has 0 aliphatic heterocycles. The number of fused-ring (bicyclic) bond motifs is 1. The van der Waals surface area contributed by atoms with E-state index in [2.05, 4.69) is 22.1 Å². The first-order valence-corrected chi connectivity index (χ1v) is 9.61. The zero-order valence-corrected chi connectivity index (χ0v) is 17.9. The maximum absolute atomic E-state index is 12.8. The van der Waals surface area contributed by atoms with Crippen molar-refractivity contribution in [2.75, 3.05) is 34.9 Å². The van der Waals surface area contributed by atoms with Crippen molar-refractivity contribution < 1.29 is 14.3 Å². The summed E-state index contributed by atoms with van der Waals surface area (Å²) in [5.41, 5.74) is 5.04. The van der Waals surface area contributed by atoms with Gasteiger partial charge >= 0.3 is 0 Å². The van der Waals surface area contributed by atoms with Gasteiger partial charge in [-0.05, 0) is 69.4 Å². The van der Waals surface area contributed by atoms with E-state index in [4.69, 9.17) is 9.47 Å². The predicted molar refractivity (Wildman–Crippen MR) is 116 cm³/mol. The molecule has 0 aliphatic rings. The van der Waals surface area contributed by atoms with Crippen LogP contribution in [-0.4, -0.2) is 50.7 Å². The monoisotopic (exact) mass is 395 g/mol. The molecule has 0 spiro atoms. The number of hydrogen-bond acceptors (Lipinski definition) is 4. The zero-order chi connectivity index (χ0) is 21.1. The van der Waals surface area contributed by atoms with Crippen molar-refractivity contribution in [3.05, 3.63) is 58.8 Å². The number of ether oxygens (including phenoxy) is 2. The van der Waals surface area contributed by atoms with Crippen LogP contribution in [-0.2, 0) is 0 Å². The van der Waals surface area contributed by atoms with E-state index in [0.717, 1.165) is 22.2 Å². The molecule has 0 bridgehead atoms. The van der Waals surface area contributed by atoms with Gasteiger partial charge in [-0.25, -0.2) is 0 Å². The summed E-state index contributed by atoms with van der Waals surface area (Å²) in [6.45, 7) is 4.58. The highest BCUT2D eigenvalue weighted by Crippen LogP contribution is 2.31. The first-order chi connectivity index (χ1) is 13.8. The van der Waals surface area contributed by atoms with Gasteiger partial charge in [0.25, 0.3) is 5.91 Å². The molecule has 0 saturated carbocycles. The normalized spacial score (nSPS) is 12.2. The largest absolute Gasteiger partial charge is 0.493 e. The second kappa shape index (κ2) is 8.57. The molecule has 29 heavy (non-hydrogen) atoms. The smallest absolute Gasteiger partial charge is 0.251 e. The number of carbonyl (C=O) groups is 1. The second-order valence-corrected chi connectivity index (χ2v) is 7.44. The number of carbonyl (C=O) groups excluding carboxylic acids is 1. The molecule has 6 nitrogen and oxygen atoms in total. The summed E-state index contributed by atoms with van der Waals surface area (Å²) >= 11 is 0. The first-order valence-electron chi connectivity index (χ1n) is 9.61. The van der Waals surface area contributed by atoms with Crippen LogP contribution >= 0.6 is 0 Å². The Hall–Kier alpha value is -2.99. The van der Waals surface area contributed by atoms with Gasteiger partial charge in [0.05, 0.1) is 20.3 Å². The molecule has 3 rings (SSSR count). The molecular formula is C23H29N3O3. The summed E-state index contributed by atoms with van der Waals surface area (Å²) in [4.78, 5) is 18.2. The molecule has 0 aliphatic carbocycles. The fourth-order valence-electron chi connectivity index (χ4n) is 3.55. The lowest BCUT2D eigenvalue weighted by atomic mass is 10.0. The van der Waals surface area contributed by atoms with Gasteiger partial charge < -0.3 is 24.7 Å². The van der Waals surface area contributed by atoms with Crippen molar-refractivity contribution >= 4 is 16.8 Å². The zero-order valence-electron chi connectivity index (χ0n) is 17.9. The van der Waals surface area contributed by atoms with E-state index in [9.17, 15) is 4.79 Å². The molecule has 0 unspecified atom stereocenters. The van der Waals surface area contributed by atoms with Gasteiger partial charge in [0.1, 0.15) is 0 Å². The maximum Gasteiger partial charge on any atom is 0.251 e. The second-order valence-electron chi connectivity index (χ2n) is 7.44. The van der Waals surface area contributed by atoms with Crippen molar-refractivity contribution in [2.24, 2.45) is 0 Å². The average Bonchev–Trinajstić information content (AvgIpc) is 3.00. The van der Waals surface area contributed by atoms with E-state index in [1.807, 2.05) is 57.4 Å². The molecule has 1 aromatic heterocycles. The molecule has 3 aromatic rings. The van der Waals surface area contributed by atoms with Crippen LogP contribution in [0.25, 0.3) is 10.9 Å². The molecule has 0 radical (unpaired) electrons. The van der Waals surface area contributed by atoms with E-state index in [1.165, 1.54) is 5.56 Å². The Labute approximate surface area is 171 Å². The molecule has 0 saturated heterocycles. The average molecular weight is 396 g/mol. The number of nitrogens with one attached hydrogen (secondary N) is 2. The SMILES string of the molecule is COc1ccc([C@@H](CNC(=O)c2ccc3[nH]c(C)c(C)c3c2)N(C)C)cc1OC. The quantitative estimate of drug-likeness (QED) is 0.638. The summed E-state index contributed by atoms with van der Waals surface area (Å²) in [6, 6.07) is 11.6. The van der Waals surface area contributed by atoms with Gasteiger partial charge in [-0.15, -0.1) is 0 Å². The van der Waals surface area contributed by atoms with Crippen molar-refractivity contribution in [3.63, 3.8) is 0 Å². The van der Waals surface area contributed by atoms with E-state index >= 15 is 0 Å². The van der Waals surface area contributed by atoms with Gasteiger partial charge in [-0.3, -0.25) is 4.79 Å². The molecule has 154 valence electrons. The Kier molecular flexibility index (Phi) is 6.13. The number of H-pyrrole nitrogens is 1. The molecular weight excluding hydrogens is 366 g/mol. The van der Waals surface area contributed by atoms with Gasteiger partial charge in [-0.2, -0.15) is 0 Å². The molecule has 1 amide bonds. The first kappa shape index (κ1) is 20.7. The highest BCUT2D eigenvalue weighted by Gasteiger charge is 2.18. The molecule has 0 fully saturated rings. The number of rotatable bonds is 7. The maximum atomic E-state index is 12.8. The lowest BCUT2D eigenvalue weighted by Gasteiger charge is -2.26. The van der Waals surface area contributed by atoms with Crippen LogP contribution in [0, 0.1) is 13.8 Å². The number of hydrogen-bond donors (Lipinski definition) is 2. The number of amides is 1. The number of nitrogens with zero attached hydrogens (tertiary/aromatic N) is 1. The summed E-state index contributed by atoms with van der Waals surface area (Å²) in [5, 5.41) is 4.16. The third kappa shape index (κ3) is 4.22. The van der Waals surface area contributed by atoms with Crippen LogP contribution in [0.2, 0.25) is 0 Å². The Bertz CT molecular complexity index is 1020. The van der Waals surface area contributed by atoms with Crippen LogP contribution in [0.1, 0.15) is 33.2 Å². The Morgan fingerprint density at radius 3 is 2.45 bits per heavy atom. The van der Waals surface area contributed by atoms with Crippen molar-refractivity contribution in [1.82, 2.24) is 15.2 Å². The summed E-state index contributed by atoms with van der Waals surface area (Å²) in [7, 11) is 7.22. The summed E-state index contributed by atoms with van der Waals surface area (Å²) in [5.74, 6) is 1.27. The lowest BCUT2D eigenvalue weighted by molar-refractivity contribution is 0.0942. The van der Waals surface area contributed by atoms with Gasteiger partial charge in [0, 0.05) is 28.7 Å². The van der Waals surface area contributed by atoms with Gasteiger partial charge in [0.15, 0.2) is 11.5 Å². The fourth-order valence-corrected chi connectivity index (χ4v) is 3.55. The van der Waals surface area contributed by atoms with E-state index in [0.29, 0.717) is 23.6 Å². The van der Waals surface area contributed by atoms with E-state index in [1.54, 1.807) is 14.2 Å². The predicted octanol–water partition coefficient (Wildman–Crippen LogP) is 3.83. The number of aromatic amines is 1. The van der Waals surface area contributed by atoms with Crippen LogP contribution in [0.15, 0.2) is 36.4 Å². The third-order valence-corrected chi connectivity index (χ3v) is 5.44. The minimum absolute atomic E-state index is 0.00118. The van der Waals surface area contributed by atoms with Crippen LogP contribution < -0.4 is 14.8 Å². The number of benzene rings is 2. The number of methoxy groups -OCH3 is 2. The lowest BCUT2D eigenvalue weighted by Crippen LogP contribution is -2.34. The standard InChI is InChI=1S/C23H29N3O3/c1-14-15(2)25-19-9-7-17(11-18(14)19)23(27)24-13-20(26(3)4)16-8-10-21(28-5)22(12-16)29-6/h7-12,20,25H,13H2,1-6H3,(H,24,27)/t20-/m1/s1. The highest BCUT2D eigenvalue weighted by atomic mass is 16.5. The number of aromatic nitrogens is 1. The fraction of sp³-hybridized carbons (Fsp3) is 0.348. The Morgan fingerprint density at radius 1 is 1.07 bits per heavy atom. The topological polar surface area (TPSA) is 66.6 Å². The molecule has 1 heterocycles. The minimum Gasteiger partial charge on any atom is -0.493 e. The number of likely N-dealkylation sites (N-methyl/N-ethyl adjacent to an activating group) is 1. The molecule has 2 aromatic carbocycles. The van der Waals surface area contributed by atoms with Crippen LogP contribution in [0.4, 0.5) is 0 Å². The molecule has 1 atom stereocenters. The minimum atomic E-state index is -0.0857. The Morgan fingerprint density at radius 2 is 1.79 bits per heavy atom. The van der Waals surface area contributed by atoms with Crippen molar-refractivity contribution in [1.29, 1.82) is 0 Å². The molecule has 6 heteroatoms. The summed E-state index contributed by atoms with van der Waals surface area (Å²) < 4.78 is 10.7. The van der Waals surface area contributed by atoms with E-state index in [-0.39, 0.29) is 11.9 Å². The van der Waals surface area contributed by atoms with Crippen LogP contribution in [0.3, 0.4) is 0 Å².